The Kier molecular flexibility index (Phi) is 2.44. The number of allylic oxidation sites excluding steroid dienone is 1. The van der Waals surface area contributed by atoms with Gasteiger partial charge in [-0.15, -0.1) is 0 Å². The van der Waals surface area contributed by atoms with E-state index in [1.54, 1.807) is 0 Å². The molecule has 9 unspecified atom stereocenters. The lowest BCUT2D eigenvalue weighted by atomic mass is 9.42. The molecule has 22 heavy (non-hydrogen) atoms. The molecule has 5 fully saturated rings. The van der Waals surface area contributed by atoms with Gasteiger partial charge < -0.3 is 9.47 Å². The Morgan fingerprint density at radius 2 is 1.95 bits per heavy atom. The van der Waals surface area contributed by atoms with Gasteiger partial charge in [-0.2, -0.15) is 0 Å². The molecule has 0 aromatic rings. The quantitative estimate of drug-likeness (QED) is 0.572. The monoisotopic (exact) mass is 302 g/mol. The van der Waals surface area contributed by atoms with Crippen molar-refractivity contribution in [1.29, 1.82) is 0 Å². The van der Waals surface area contributed by atoms with Crippen LogP contribution in [0.2, 0.25) is 0 Å². The fraction of sp³-hybridized carbons (Fsp3) is 0.900. The summed E-state index contributed by atoms with van der Waals surface area (Å²) in [6.07, 6.45) is 7.59. The third-order valence-electron chi connectivity index (χ3n) is 8.52. The molecule has 2 nitrogen and oxygen atoms in total. The summed E-state index contributed by atoms with van der Waals surface area (Å²) in [6.45, 7) is 13.8. The fourth-order valence-corrected chi connectivity index (χ4v) is 6.86. The van der Waals surface area contributed by atoms with Crippen molar-refractivity contribution < 1.29 is 9.47 Å². The van der Waals surface area contributed by atoms with Crippen LogP contribution in [0.4, 0.5) is 0 Å². The molecule has 0 aromatic heterocycles. The van der Waals surface area contributed by atoms with Crippen LogP contribution in [-0.2, 0) is 9.47 Å². The van der Waals surface area contributed by atoms with Gasteiger partial charge in [0.15, 0.2) is 0 Å². The molecule has 2 bridgehead atoms. The van der Waals surface area contributed by atoms with Gasteiger partial charge in [0.05, 0.1) is 23.4 Å². The molecular weight excluding hydrogens is 272 g/mol. The minimum absolute atomic E-state index is 0.189. The predicted octanol–water partition coefficient (Wildman–Crippen LogP) is 4.34. The first kappa shape index (κ1) is 14.0. The van der Waals surface area contributed by atoms with Crippen LogP contribution in [0, 0.1) is 29.1 Å². The van der Waals surface area contributed by atoms with Gasteiger partial charge in [0.25, 0.3) is 0 Å². The Bertz CT molecular complexity index is 556. The van der Waals surface area contributed by atoms with E-state index in [4.69, 9.17) is 9.47 Å². The van der Waals surface area contributed by atoms with E-state index in [9.17, 15) is 0 Å². The molecule has 0 N–H and O–H groups in total. The predicted molar refractivity (Wildman–Crippen MR) is 86.5 cm³/mol. The summed E-state index contributed by atoms with van der Waals surface area (Å²) >= 11 is 0. The summed E-state index contributed by atoms with van der Waals surface area (Å²) in [5, 5.41) is 0. The van der Waals surface area contributed by atoms with E-state index < -0.39 is 0 Å². The Hall–Kier alpha value is -0.340. The second kappa shape index (κ2) is 3.83. The highest BCUT2D eigenvalue weighted by Gasteiger charge is 2.74. The highest BCUT2D eigenvalue weighted by atomic mass is 16.6. The van der Waals surface area contributed by atoms with Crippen molar-refractivity contribution in [3.63, 3.8) is 0 Å². The van der Waals surface area contributed by atoms with Crippen molar-refractivity contribution in [2.45, 2.75) is 83.2 Å². The second-order valence-electron chi connectivity index (χ2n) is 9.73. The number of fused-ring (bicyclic) bond motifs is 5. The Morgan fingerprint density at radius 1 is 1.18 bits per heavy atom. The van der Waals surface area contributed by atoms with Crippen molar-refractivity contribution in [3.8, 4) is 0 Å². The molecule has 0 radical (unpaired) electrons. The first-order valence-electron chi connectivity index (χ1n) is 9.29. The lowest BCUT2D eigenvalue weighted by Gasteiger charge is -2.60. The molecule has 5 aliphatic rings. The standard InChI is InChI=1S/C20H30O2/c1-11(2)13-6-7-19(4)17(22-19)14(13)10-18(3)12-8-15(18)20(5)16(9-12)21-20/h12-17H,1,6-10H2,2-5H3. The normalized spacial score (nSPS) is 64.2. The molecule has 122 valence electrons. The molecule has 3 aliphatic carbocycles. The van der Waals surface area contributed by atoms with Gasteiger partial charge >= 0.3 is 0 Å². The van der Waals surface area contributed by atoms with Crippen LogP contribution in [0.1, 0.15) is 59.8 Å². The van der Waals surface area contributed by atoms with E-state index in [0.29, 0.717) is 29.5 Å². The van der Waals surface area contributed by atoms with Gasteiger partial charge in [0.1, 0.15) is 0 Å². The van der Waals surface area contributed by atoms with Crippen LogP contribution in [-0.4, -0.2) is 23.4 Å². The average Bonchev–Trinajstić information content (AvgIpc) is 3.30. The minimum Gasteiger partial charge on any atom is -0.366 e. The molecule has 0 aromatic carbocycles. The minimum atomic E-state index is 0.189. The molecule has 0 spiro atoms. The molecule has 5 rings (SSSR count). The Morgan fingerprint density at radius 3 is 2.64 bits per heavy atom. The smallest absolute Gasteiger partial charge is 0.0953 e. The molecule has 2 aliphatic heterocycles. The van der Waals surface area contributed by atoms with Gasteiger partial charge in [-0.1, -0.05) is 19.1 Å². The van der Waals surface area contributed by atoms with Crippen LogP contribution in [0.5, 0.6) is 0 Å². The molecule has 0 amide bonds. The summed E-state index contributed by atoms with van der Waals surface area (Å²) in [6, 6.07) is 0. The van der Waals surface area contributed by atoms with Crippen LogP contribution < -0.4 is 0 Å². The number of epoxide rings is 2. The zero-order valence-electron chi connectivity index (χ0n) is 14.5. The van der Waals surface area contributed by atoms with E-state index in [0.717, 1.165) is 11.8 Å². The first-order valence-corrected chi connectivity index (χ1v) is 9.29. The maximum Gasteiger partial charge on any atom is 0.0953 e. The van der Waals surface area contributed by atoms with Crippen molar-refractivity contribution in [2.75, 3.05) is 0 Å². The van der Waals surface area contributed by atoms with Crippen LogP contribution in [0.25, 0.3) is 0 Å². The highest BCUT2D eigenvalue weighted by molar-refractivity contribution is 5.23. The van der Waals surface area contributed by atoms with Gasteiger partial charge in [-0.3, -0.25) is 0 Å². The molecule has 3 saturated carbocycles. The second-order valence-corrected chi connectivity index (χ2v) is 9.73. The first-order chi connectivity index (χ1) is 10.3. The largest absolute Gasteiger partial charge is 0.366 e. The summed E-state index contributed by atoms with van der Waals surface area (Å²) in [5.74, 6) is 3.02. The zero-order chi connectivity index (χ0) is 15.5. The average molecular weight is 302 g/mol. The van der Waals surface area contributed by atoms with Crippen LogP contribution in [0.3, 0.4) is 0 Å². The molecule has 2 heterocycles. The van der Waals surface area contributed by atoms with E-state index in [1.807, 2.05) is 0 Å². The van der Waals surface area contributed by atoms with Crippen LogP contribution in [0.15, 0.2) is 12.2 Å². The number of rotatable bonds is 3. The lowest BCUT2D eigenvalue weighted by molar-refractivity contribution is -0.114. The van der Waals surface area contributed by atoms with E-state index in [1.165, 1.54) is 37.7 Å². The Labute approximate surface area is 134 Å². The van der Waals surface area contributed by atoms with Crippen molar-refractivity contribution in [2.24, 2.45) is 29.1 Å². The van der Waals surface area contributed by atoms with Gasteiger partial charge in [0.2, 0.25) is 0 Å². The SMILES string of the molecule is C=C(C)C1CCC2(C)OC2C1CC1(C)C2CC3OC3(C)C1C2. The Balaban J connectivity index is 1.41. The van der Waals surface area contributed by atoms with Crippen LogP contribution >= 0.6 is 0 Å². The lowest BCUT2D eigenvalue weighted by Crippen LogP contribution is -2.59. The van der Waals surface area contributed by atoms with Gasteiger partial charge in [0, 0.05) is 0 Å². The fourth-order valence-electron chi connectivity index (χ4n) is 6.86. The van der Waals surface area contributed by atoms with Crippen molar-refractivity contribution >= 4 is 0 Å². The molecule has 9 atom stereocenters. The highest BCUT2D eigenvalue weighted by Crippen LogP contribution is 2.73. The topological polar surface area (TPSA) is 25.1 Å². The van der Waals surface area contributed by atoms with Crippen molar-refractivity contribution in [3.05, 3.63) is 12.2 Å². The van der Waals surface area contributed by atoms with E-state index in [2.05, 4.69) is 34.3 Å². The number of hydrogen-bond acceptors (Lipinski definition) is 2. The van der Waals surface area contributed by atoms with E-state index >= 15 is 0 Å². The summed E-state index contributed by atoms with van der Waals surface area (Å²) in [4.78, 5) is 0. The zero-order valence-corrected chi connectivity index (χ0v) is 14.5. The molecule has 2 heteroatoms. The maximum absolute atomic E-state index is 6.18. The molecule has 2 saturated heterocycles. The summed E-state index contributed by atoms with van der Waals surface area (Å²) < 4.78 is 12.3. The number of hydrogen-bond donors (Lipinski definition) is 0. The van der Waals surface area contributed by atoms with Crippen molar-refractivity contribution in [1.82, 2.24) is 0 Å². The summed E-state index contributed by atoms with van der Waals surface area (Å²) in [5.41, 5.74) is 2.26. The number of ether oxygens (including phenoxy) is 2. The summed E-state index contributed by atoms with van der Waals surface area (Å²) in [7, 11) is 0. The van der Waals surface area contributed by atoms with Gasteiger partial charge in [-0.25, -0.2) is 0 Å². The molecular formula is C20H30O2. The van der Waals surface area contributed by atoms with Gasteiger partial charge in [-0.05, 0) is 82.0 Å². The maximum atomic E-state index is 6.18. The third kappa shape index (κ3) is 1.54. The third-order valence-corrected chi connectivity index (χ3v) is 8.52. The van der Waals surface area contributed by atoms with E-state index in [-0.39, 0.29) is 11.2 Å².